The lowest BCUT2D eigenvalue weighted by atomic mass is 10.0. The molecule has 10 heteroatoms. The summed E-state index contributed by atoms with van der Waals surface area (Å²) in [5, 5.41) is 26.9. The van der Waals surface area contributed by atoms with Crippen LogP contribution >= 0.6 is 0 Å². The summed E-state index contributed by atoms with van der Waals surface area (Å²) in [4.78, 5) is 23.0. The summed E-state index contributed by atoms with van der Waals surface area (Å²) in [6.07, 6.45) is 1.28. The van der Waals surface area contributed by atoms with Crippen LogP contribution in [0.2, 0.25) is 0 Å². The van der Waals surface area contributed by atoms with Crippen molar-refractivity contribution in [2.75, 3.05) is 6.61 Å². The fourth-order valence-corrected chi connectivity index (χ4v) is 4.48. The van der Waals surface area contributed by atoms with Crippen LogP contribution in [-0.2, 0) is 24.2 Å². The number of hydrogen-bond acceptors (Lipinski definition) is 8. The first kappa shape index (κ1) is 26.5. The van der Waals surface area contributed by atoms with E-state index in [1.54, 1.807) is 32.9 Å². The summed E-state index contributed by atoms with van der Waals surface area (Å²) in [5.74, 6) is 0.702. The summed E-state index contributed by atoms with van der Waals surface area (Å²) < 4.78 is 17.1. The number of nitrogens with one attached hydrogen (secondary N) is 1. The molecule has 2 N–H and O–H groups in total. The van der Waals surface area contributed by atoms with Gasteiger partial charge in [-0.1, -0.05) is 30.3 Å². The van der Waals surface area contributed by atoms with Crippen LogP contribution in [0.3, 0.4) is 0 Å². The first-order chi connectivity index (χ1) is 18.3. The van der Waals surface area contributed by atoms with Crippen LogP contribution in [0.25, 0.3) is 0 Å². The van der Waals surface area contributed by atoms with Gasteiger partial charge in [0.2, 0.25) is 0 Å². The Kier molecular flexibility index (Phi) is 8.10. The Morgan fingerprint density at radius 1 is 1.13 bits per heavy atom. The molecule has 3 aromatic carbocycles. The molecular formula is C28H29N3O7. The second-order valence-electron chi connectivity index (χ2n) is 8.80. The number of phenols is 1. The van der Waals surface area contributed by atoms with Crippen LogP contribution < -0.4 is 14.9 Å². The average molecular weight is 520 g/mol. The van der Waals surface area contributed by atoms with E-state index in [0.717, 1.165) is 17.5 Å². The van der Waals surface area contributed by atoms with Gasteiger partial charge in [0.1, 0.15) is 18.1 Å². The van der Waals surface area contributed by atoms with Crippen molar-refractivity contribution in [2.24, 2.45) is 5.10 Å². The molecule has 0 fully saturated rings. The van der Waals surface area contributed by atoms with Gasteiger partial charge in [-0.05, 0) is 63.3 Å². The highest BCUT2D eigenvalue weighted by molar-refractivity contribution is 6.04. The molecule has 0 atom stereocenters. The number of nitro groups is 1. The molecule has 38 heavy (non-hydrogen) atoms. The van der Waals surface area contributed by atoms with Crippen LogP contribution in [-0.4, -0.2) is 28.4 Å². The predicted molar refractivity (Wildman–Crippen MR) is 141 cm³/mol. The SMILES string of the molecule is CCOC(=O)N/N=C(/C)c1c(OCc2ccccc2)ccc(Oc2c(C)cc([N+](=O)[O-])c3c2CCC3)c1O. The van der Waals surface area contributed by atoms with Crippen LogP contribution in [0.4, 0.5) is 10.5 Å². The van der Waals surface area contributed by atoms with E-state index in [1.165, 1.54) is 6.07 Å². The highest BCUT2D eigenvalue weighted by atomic mass is 16.6. The lowest BCUT2D eigenvalue weighted by molar-refractivity contribution is -0.385. The molecule has 1 aliphatic carbocycles. The zero-order valence-electron chi connectivity index (χ0n) is 21.4. The van der Waals surface area contributed by atoms with Gasteiger partial charge in [0.15, 0.2) is 11.5 Å². The smallest absolute Gasteiger partial charge is 0.427 e. The normalized spacial score (nSPS) is 12.6. The molecule has 4 rings (SSSR count). The number of nitrogens with zero attached hydrogens (tertiary/aromatic N) is 2. The van der Waals surface area contributed by atoms with Gasteiger partial charge in [0.05, 0.1) is 22.8 Å². The third kappa shape index (κ3) is 5.69. The second kappa shape index (κ2) is 11.6. The summed E-state index contributed by atoms with van der Waals surface area (Å²) >= 11 is 0. The average Bonchev–Trinajstić information content (AvgIpc) is 3.39. The molecule has 0 saturated heterocycles. The van der Waals surface area contributed by atoms with Crippen molar-refractivity contribution < 1.29 is 29.0 Å². The summed E-state index contributed by atoms with van der Waals surface area (Å²) in [6, 6.07) is 14.3. The number of fused-ring (bicyclic) bond motifs is 1. The molecule has 10 nitrogen and oxygen atoms in total. The van der Waals surface area contributed by atoms with Gasteiger partial charge in [0.25, 0.3) is 5.69 Å². The fraction of sp³-hybridized carbons (Fsp3) is 0.286. The van der Waals surface area contributed by atoms with E-state index in [0.29, 0.717) is 35.5 Å². The van der Waals surface area contributed by atoms with Gasteiger partial charge >= 0.3 is 6.09 Å². The number of aryl methyl sites for hydroxylation is 1. The van der Waals surface area contributed by atoms with E-state index in [9.17, 15) is 20.0 Å². The number of carbonyl (C=O) groups excluding carboxylic acids is 1. The van der Waals surface area contributed by atoms with Crippen LogP contribution in [0, 0.1) is 17.0 Å². The number of nitro benzene ring substituents is 1. The molecule has 0 aliphatic heterocycles. The number of aromatic hydroxyl groups is 1. The Morgan fingerprint density at radius 2 is 1.84 bits per heavy atom. The molecule has 0 radical (unpaired) electrons. The zero-order valence-corrected chi connectivity index (χ0v) is 21.4. The van der Waals surface area contributed by atoms with Crippen molar-refractivity contribution >= 4 is 17.5 Å². The molecule has 0 heterocycles. The number of amides is 1. The number of benzene rings is 3. The topological polar surface area (TPSA) is 133 Å². The largest absolute Gasteiger partial charge is 0.504 e. The van der Waals surface area contributed by atoms with Gasteiger partial charge in [-0.25, -0.2) is 10.2 Å². The Hall–Kier alpha value is -4.60. The summed E-state index contributed by atoms with van der Waals surface area (Å²) in [7, 11) is 0. The minimum Gasteiger partial charge on any atom is -0.504 e. The van der Waals surface area contributed by atoms with Gasteiger partial charge in [-0.3, -0.25) is 10.1 Å². The Balaban J connectivity index is 1.72. The number of carbonyl (C=O) groups is 1. The van der Waals surface area contributed by atoms with Crippen molar-refractivity contribution in [2.45, 2.75) is 46.6 Å². The van der Waals surface area contributed by atoms with E-state index < -0.39 is 6.09 Å². The maximum Gasteiger partial charge on any atom is 0.427 e. The van der Waals surface area contributed by atoms with Gasteiger partial charge in [0, 0.05) is 17.2 Å². The second-order valence-corrected chi connectivity index (χ2v) is 8.80. The van der Waals surface area contributed by atoms with Gasteiger partial charge in [-0.2, -0.15) is 5.10 Å². The maximum absolute atomic E-state index is 11.8. The number of ether oxygens (including phenoxy) is 3. The molecule has 0 aromatic heterocycles. The summed E-state index contributed by atoms with van der Waals surface area (Å²) in [5.41, 5.74) is 5.83. The summed E-state index contributed by atoms with van der Waals surface area (Å²) in [6.45, 7) is 5.44. The maximum atomic E-state index is 11.8. The van der Waals surface area contributed by atoms with E-state index in [-0.39, 0.29) is 46.6 Å². The molecule has 0 unspecified atom stereocenters. The number of phenolic OH excluding ortho intramolecular Hbond substituents is 1. The van der Waals surface area contributed by atoms with Crippen LogP contribution in [0.5, 0.6) is 23.0 Å². The van der Waals surface area contributed by atoms with E-state index in [1.807, 2.05) is 30.3 Å². The van der Waals surface area contributed by atoms with E-state index in [4.69, 9.17) is 14.2 Å². The van der Waals surface area contributed by atoms with Crippen molar-refractivity contribution in [3.05, 3.63) is 86.5 Å². The van der Waals surface area contributed by atoms with Crippen LogP contribution in [0.15, 0.2) is 53.6 Å². The molecule has 198 valence electrons. The molecule has 0 saturated carbocycles. The van der Waals surface area contributed by atoms with Crippen molar-refractivity contribution in [3.63, 3.8) is 0 Å². The number of rotatable bonds is 9. The van der Waals surface area contributed by atoms with Crippen molar-refractivity contribution in [1.29, 1.82) is 0 Å². The van der Waals surface area contributed by atoms with Crippen LogP contribution in [0.1, 0.15) is 48.1 Å². The lowest BCUT2D eigenvalue weighted by Crippen LogP contribution is -2.20. The van der Waals surface area contributed by atoms with Crippen molar-refractivity contribution in [1.82, 2.24) is 5.43 Å². The molecule has 1 aliphatic rings. The van der Waals surface area contributed by atoms with Gasteiger partial charge in [-0.15, -0.1) is 0 Å². The van der Waals surface area contributed by atoms with E-state index >= 15 is 0 Å². The molecule has 3 aromatic rings. The Bertz CT molecular complexity index is 1390. The minimum atomic E-state index is -0.734. The first-order valence-corrected chi connectivity index (χ1v) is 12.3. The lowest BCUT2D eigenvalue weighted by Gasteiger charge is -2.18. The highest BCUT2D eigenvalue weighted by Gasteiger charge is 2.28. The van der Waals surface area contributed by atoms with E-state index in [2.05, 4.69) is 10.5 Å². The third-order valence-corrected chi connectivity index (χ3v) is 6.21. The number of hydrazone groups is 1. The Labute approximate surface area is 220 Å². The third-order valence-electron chi connectivity index (χ3n) is 6.21. The molecule has 0 spiro atoms. The van der Waals surface area contributed by atoms with Gasteiger partial charge < -0.3 is 19.3 Å². The Morgan fingerprint density at radius 3 is 2.55 bits per heavy atom. The quantitative estimate of drug-likeness (QED) is 0.203. The minimum absolute atomic E-state index is 0.0879. The standard InChI is InChI=1S/C28H29N3O7/c1-4-36-28(33)30-29-18(3)25-23(37-16-19-9-6-5-7-10-19)13-14-24(26(25)32)38-27-17(2)15-22(31(34)35)20-11-8-12-21(20)27/h5-7,9-10,13-15,32H,4,8,11-12,16H2,1-3H3,(H,30,33)/b29-18-. The molecular weight excluding hydrogens is 490 g/mol. The monoisotopic (exact) mass is 519 g/mol. The van der Waals surface area contributed by atoms with Crippen molar-refractivity contribution in [3.8, 4) is 23.0 Å². The predicted octanol–water partition coefficient (Wildman–Crippen LogP) is 5.94. The zero-order chi connectivity index (χ0) is 27.2. The molecule has 1 amide bonds. The molecule has 0 bridgehead atoms. The first-order valence-electron chi connectivity index (χ1n) is 12.3. The number of hydrogen-bond donors (Lipinski definition) is 2. The fourth-order valence-electron chi connectivity index (χ4n) is 4.48. The highest BCUT2D eigenvalue weighted by Crippen LogP contribution is 2.45.